The predicted octanol–water partition coefficient (Wildman–Crippen LogP) is 3.99. The molecule has 0 unspecified atom stereocenters. The molecule has 31 heavy (non-hydrogen) atoms. The number of aromatic hydroxyl groups is 1. The SMILES string of the molecule is Oc1cc(CCNc2ncnc3nccnc23)ccc1Oc1ccc(C(F)(F)F)cn1. The van der Waals surface area contributed by atoms with Gasteiger partial charge in [-0.3, -0.25) is 0 Å². The van der Waals surface area contributed by atoms with E-state index in [2.05, 4.69) is 30.2 Å². The van der Waals surface area contributed by atoms with Crippen LogP contribution >= 0.6 is 0 Å². The van der Waals surface area contributed by atoms with E-state index in [9.17, 15) is 18.3 Å². The Kier molecular flexibility index (Phi) is 5.48. The molecule has 0 fully saturated rings. The van der Waals surface area contributed by atoms with E-state index < -0.39 is 11.7 Å². The molecule has 0 saturated carbocycles. The van der Waals surface area contributed by atoms with Crippen molar-refractivity contribution in [1.82, 2.24) is 24.9 Å². The van der Waals surface area contributed by atoms with Crippen molar-refractivity contribution in [3.8, 4) is 17.4 Å². The number of rotatable bonds is 6. The van der Waals surface area contributed by atoms with E-state index in [4.69, 9.17) is 4.74 Å². The smallest absolute Gasteiger partial charge is 0.417 e. The Balaban J connectivity index is 1.38. The molecule has 0 amide bonds. The monoisotopic (exact) mass is 428 g/mol. The summed E-state index contributed by atoms with van der Waals surface area (Å²) in [5.41, 5.74) is 0.966. The number of hydrogen-bond acceptors (Lipinski definition) is 8. The second kappa shape index (κ2) is 8.38. The second-order valence-corrected chi connectivity index (χ2v) is 6.41. The van der Waals surface area contributed by atoms with Crippen molar-refractivity contribution in [3.63, 3.8) is 0 Å². The van der Waals surface area contributed by atoms with E-state index in [1.807, 2.05) is 0 Å². The number of phenolic OH excluding ortho intramolecular Hbond substituents is 1. The van der Waals surface area contributed by atoms with E-state index >= 15 is 0 Å². The minimum Gasteiger partial charge on any atom is -0.504 e. The van der Waals surface area contributed by atoms with Crippen molar-refractivity contribution in [3.05, 3.63) is 66.4 Å². The second-order valence-electron chi connectivity index (χ2n) is 6.41. The van der Waals surface area contributed by atoms with Crippen LogP contribution in [0, 0.1) is 0 Å². The fraction of sp³-hybridized carbons (Fsp3) is 0.150. The highest BCUT2D eigenvalue weighted by Gasteiger charge is 2.30. The quantitative estimate of drug-likeness (QED) is 0.475. The summed E-state index contributed by atoms with van der Waals surface area (Å²) < 4.78 is 43.2. The molecule has 0 spiro atoms. The molecule has 3 aromatic heterocycles. The molecule has 2 N–H and O–H groups in total. The van der Waals surface area contributed by atoms with Crippen LogP contribution in [0.1, 0.15) is 11.1 Å². The first kappa shape index (κ1) is 20.3. The summed E-state index contributed by atoms with van der Waals surface area (Å²) in [6.07, 6.45) is 1.25. The van der Waals surface area contributed by atoms with E-state index in [0.717, 1.165) is 17.7 Å². The molecule has 0 aliphatic carbocycles. The Labute approximate surface area is 173 Å². The molecule has 3 heterocycles. The van der Waals surface area contributed by atoms with Crippen molar-refractivity contribution in [1.29, 1.82) is 0 Å². The van der Waals surface area contributed by atoms with Gasteiger partial charge in [-0.05, 0) is 30.2 Å². The number of benzene rings is 1. The lowest BCUT2D eigenvalue weighted by Crippen LogP contribution is -2.08. The molecule has 11 heteroatoms. The van der Waals surface area contributed by atoms with Gasteiger partial charge in [0.25, 0.3) is 0 Å². The highest BCUT2D eigenvalue weighted by molar-refractivity contribution is 5.81. The van der Waals surface area contributed by atoms with E-state index in [-0.39, 0.29) is 17.4 Å². The number of alkyl halides is 3. The molecule has 1 aromatic carbocycles. The molecule has 0 radical (unpaired) electrons. The number of anilines is 1. The van der Waals surface area contributed by atoms with Crippen LogP contribution in [0.4, 0.5) is 19.0 Å². The molecule has 0 atom stereocenters. The third-order valence-corrected chi connectivity index (χ3v) is 4.28. The van der Waals surface area contributed by atoms with Crippen LogP contribution in [-0.2, 0) is 12.6 Å². The van der Waals surface area contributed by atoms with Crippen LogP contribution in [0.5, 0.6) is 17.4 Å². The Hall–Kier alpha value is -4.02. The first-order chi connectivity index (χ1) is 14.9. The molecule has 4 aromatic rings. The third kappa shape index (κ3) is 4.77. The minimum atomic E-state index is -4.48. The zero-order chi connectivity index (χ0) is 21.8. The number of ether oxygens (including phenoxy) is 1. The fourth-order valence-corrected chi connectivity index (χ4v) is 2.78. The van der Waals surface area contributed by atoms with E-state index in [1.165, 1.54) is 18.5 Å². The molecule has 8 nitrogen and oxygen atoms in total. The Morgan fingerprint density at radius 1 is 0.968 bits per heavy atom. The molecule has 0 bridgehead atoms. The third-order valence-electron chi connectivity index (χ3n) is 4.28. The normalized spacial score (nSPS) is 11.5. The van der Waals surface area contributed by atoms with Crippen molar-refractivity contribution < 1.29 is 23.0 Å². The van der Waals surface area contributed by atoms with E-state index in [1.54, 1.807) is 18.5 Å². The summed E-state index contributed by atoms with van der Waals surface area (Å²) in [4.78, 5) is 20.2. The lowest BCUT2D eigenvalue weighted by atomic mass is 10.1. The highest BCUT2D eigenvalue weighted by atomic mass is 19.4. The van der Waals surface area contributed by atoms with Gasteiger partial charge in [-0.15, -0.1) is 0 Å². The van der Waals surface area contributed by atoms with Gasteiger partial charge in [-0.1, -0.05) is 6.07 Å². The van der Waals surface area contributed by atoms with Crippen LogP contribution in [0.25, 0.3) is 11.2 Å². The van der Waals surface area contributed by atoms with Gasteiger partial charge in [0, 0.05) is 31.2 Å². The summed E-state index contributed by atoms with van der Waals surface area (Å²) in [6.45, 7) is 0.503. The number of pyridine rings is 1. The summed E-state index contributed by atoms with van der Waals surface area (Å²) in [6, 6.07) is 6.73. The summed E-state index contributed by atoms with van der Waals surface area (Å²) in [5.74, 6) is 0.420. The van der Waals surface area contributed by atoms with Gasteiger partial charge in [0.05, 0.1) is 5.56 Å². The maximum Gasteiger partial charge on any atom is 0.417 e. The highest BCUT2D eigenvalue weighted by Crippen LogP contribution is 2.33. The largest absolute Gasteiger partial charge is 0.504 e. The summed E-state index contributed by atoms with van der Waals surface area (Å²) >= 11 is 0. The van der Waals surface area contributed by atoms with Gasteiger partial charge in [0.15, 0.2) is 23.0 Å². The molecule has 4 rings (SSSR count). The maximum atomic E-state index is 12.6. The van der Waals surface area contributed by atoms with Gasteiger partial charge in [0.2, 0.25) is 5.88 Å². The van der Waals surface area contributed by atoms with Gasteiger partial charge in [-0.25, -0.2) is 24.9 Å². The topological polar surface area (TPSA) is 106 Å². The van der Waals surface area contributed by atoms with E-state index in [0.29, 0.717) is 36.1 Å². The van der Waals surface area contributed by atoms with Crippen molar-refractivity contribution >= 4 is 17.0 Å². The van der Waals surface area contributed by atoms with Crippen molar-refractivity contribution in [2.45, 2.75) is 12.6 Å². The van der Waals surface area contributed by atoms with Gasteiger partial charge < -0.3 is 15.2 Å². The molecule has 0 saturated heterocycles. The fourth-order valence-electron chi connectivity index (χ4n) is 2.78. The van der Waals surface area contributed by atoms with Gasteiger partial charge >= 0.3 is 6.18 Å². The lowest BCUT2D eigenvalue weighted by molar-refractivity contribution is -0.137. The Morgan fingerprint density at radius 2 is 1.81 bits per heavy atom. The van der Waals surface area contributed by atoms with Crippen LogP contribution in [0.15, 0.2) is 55.2 Å². The first-order valence-electron chi connectivity index (χ1n) is 9.09. The van der Waals surface area contributed by atoms with Crippen LogP contribution in [-0.4, -0.2) is 36.6 Å². The number of nitrogens with one attached hydrogen (secondary N) is 1. The number of hydrogen-bond donors (Lipinski definition) is 2. The van der Waals surface area contributed by atoms with Crippen molar-refractivity contribution in [2.75, 3.05) is 11.9 Å². The van der Waals surface area contributed by atoms with Crippen LogP contribution in [0.3, 0.4) is 0 Å². The molecular weight excluding hydrogens is 413 g/mol. The predicted molar refractivity (Wildman–Crippen MR) is 105 cm³/mol. The number of halogens is 3. The first-order valence-corrected chi connectivity index (χ1v) is 9.09. The Bertz CT molecular complexity index is 1200. The lowest BCUT2D eigenvalue weighted by Gasteiger charge is -2.11. The maximum absolute atomic E-state index is 12.6. The zero-order valence-electron chi connectivity index (χ0n) is 15.8. The van der Waals surface area contributed by atoms with Gasteiger partial charge in [-0.2, -0.15) is 13.2 Å². The number of nitrogens with zero attached hydrogens (tertiary/aromatic N) is 5. The molecule has 0 aliphatic heterocycles. The van der Waals surface area contributed by atoms with Crippen molar-refractivity contribution in [2.24, 2.45) is 0 Å². The average molecular weight is 428 g/mol. The number of aromatic nitrogens is 5. The van der Waals surface area contributed by atoms with Crippen LogP contribution < -0.4 is 10.1 Å². The average Bonchev–Trinajstić information content (AvgIpc) is 2.75. The zero-order valence-corrected chi connectivity index (χ0v) is 15.8. The minimum absolute atomic E-state index is 0.0607. The number of fused-ring (bicyclic) bond motifs is 1. The molecule has 0 aliphatic rings. The van der Waals surface area contributed by atoms with Crippen LogP contribution in [0.2, 0.25) is 0 Å². The summed E-state index contributed by atoms with van der Waals surface area (Å²) in [5, 5.41) is 13.4. The molecular formula is C20H15F3N6O2. The Morgan fingerprint density at radius 3 is 2.55 bits per heavy atom. The van der Waals surface area contributed by atoms with Gasteiger partial charge in [0.1, 0.15) is 11.8 Å². The summed E-state index contributed by atoms with van der Waals surface area (Å²) in [7, 11) is 0. The number of phenols is 1. The standard InChI is InChI=1S/C20H15F3N6O2/c21-20(22,23)13-2-4-16(27-10-13)31-15-3-1-12(9-14(15)30)5-6-25-18-17-19(29-11-28-18)26-8-7-24-17/h1-4,7-11,30H,5-6H2,(H,25,26,28,29). The molecule has 158 valence electrons.